The van der Waals surface area contributed by atoms with E-state index in [4.69, 9.17) is 4.74 Å². The van der Waals surface area contributed by atoms with Gasteiger partial charge in [0.1, 0.15) is 10.7 Å². The van der Waals surface area contributed by atoms with Gasteiger partial charge in [-0.15, -0.1) is 0 Å². The molecule has 1 aliphatic heterocycles. The first-order chi connectivity index (χ1) is 13.6. The van der Waals surface area contributed by atoms with Crippen LogP contribution in [0.25, 0.3) is 0 Å². The predicted molar refractivity (Wildman–Crippen MR) is 111 cm³/mol. The van der Waals surface area contributed by atoms with Crippen LogP contribution in [0.5, 0.6) is 0 Å². The van der Waals surface area contributed by atoms with Crippen molar-refractivity contribution in [3.8, 4) is 0 Å². The maximum atomic E-state index is 12.7. The number of benzene rings is 1. The third-order valence-electron chi connectivity index (χ3n) is 4.87. The van der Waals surface area contributed by atoms with Crippen molar-refractivity contribution in [2.75, 3.05) is 25.0 Å². The van der Waals surface area contributed by atoms with E-state index in [1.807, 2.05) is 12.1 Å². The minimum absolute atomic E-state index is 0.258. The molecule has 1 N–H and O–H groups in total. The average molecular weight is 404 g/mol. The van der Waals surface area contributed by atoms with E-state index in [0.717, 1.165) is 43.4 Å². The van der Waals surface area contributed by atoms with Gasteiger partial charge < -0.3 is 10.1 Å². The SMILES string of the molecule is CCCOCc1ccccc1CNc1ccc(S(=O)(=O)N2CCCCC2)cn1. The first kappa shape index (κ1) is 20.8. The molecule has 0 saturated carbocycles. The molecule has 6 nitrogen and oxygen atoms in total. The zero-order valence-electron chi connectivity index (χ0n) is 16.4. The van der Waals surface area contributed by atoms with E-state index in [1.165, 1.54) is 6.20 Å². The number of rotatable bonds is 9. The van der Waals surface area contributed by atoms with E-state index in [2.05, 4.69) is 29.4 Å². The third-order valence-corrected chi connectivity index (χ3v) is 6.76. The fourth-order valence-electron chi connectivity index (χ4n) is 3.27. The molecule has 0 atom stereocenters. The summed E-state index contributed by atoms with van der Waals surface area (Å²) in [5, 5.41) is 3.27. The second-order valence-corrected chi connectivity index (χ2v) is 8.96. The van der Waals surface area contributed by atoms with Crippen LogP contribution in [0.3, 0.4) is 0 Å². The first-order valence-corrected chi connectivity index (χ1v) is 11.4. The van der Waals surface area contributed by atoms with Crippen LogP contribution in [0.4, 0.5) is 5.82 Å². The lowest BCUT2D eigenvalue weighted by molar-refractivity contribution is 0.121. The molecule has 1 aromatic heterocycles. The van der Waals surface area contributed by atoms with Crippen LogP contribution in [-0.2, 0) is 27.9 Å². The zero-order valence-corrected chi connectivity index (χ0v) is 17.2. The standard InChI is InChI=1S/C21H29N3O3S/c1-2-14-27-17-19-9-5-4-8-18(19)15-22-21-11-10-20(16-23-21)28(25,26)24-12-6-3-7-13-24/h4-5,8-11,16H,2-3,6-7,12-15,17H2,1H3,(H,22,23). The number of hydrogen-bond donors (Lipinski definition) is 1. The van der Waals surface area contributed by atoms with Crippen molar-refractivity contribution in [3.05, 3.63) is 53.7 Å². The summed E-state index contributed by atoms with van der Waals surface area (Å²) < 4.78 is 32.6. The van der Waals surface area contributed by atoms with Crippen molar-refractivity contribution in [1.82, 2.24) is 9.29 Å². The van der Waals surface area contributed by atoms with Gasteiger partial charge >= 0.3 is 0 Å². The molecule has 0 bridgehead atoms. The van der Waals surface area contributed by atoms with Gasteiger partial charge in [-0.1, -0.05) is 37.6 Å². The molecule has 28 heavy (non-hydrogen) atoms. The van der Waals surface area contributed by atoms with Gasteiger partial charge in [0.15, 0.2) is 0 Å². The van der Waals surface area contributed by atoms with Crippen molar-refractivity contribution in [2.24, 2.45) is 0 Å². The fraction of sp³-hybridized carbons (Fsp3) is 0.476. The molecule has 0 aliphatic carbocycles. The molecule has 1 saturated heterocycles. The monoisotopic (exact) mass is 403 g/mol. The molecular weight excluding hydrogens is 374 g/mol. The number of aromatic nitrogens is 1. The number of piperidine rings is 1. The van der Waals surface area contributed by atoms with Gasteiger partial charge in [0.2, 0.25) is 10.0 Å². The first-order valence-electron chi connectivity index (χ1n) is 9.96. The Morgan fingerprint density at radius 1 is 1.07 bits per heavy atom. The van der Waals surface area contributed by atoms with Gasteiger partial charge in [-0.25, -0.2) is 13.4 Å². The summed E-state index contributed by atoms with van der Waals surface area (Å²) in [7, 11) is -3.44. The van der Waals surface area contributed by atoms with Gasteiger partial charge in [0.25, 0.3) is 0 Å². The number of ether oxygens (including phenoxy) is 1. The van der Waals surface area contributed by atoms with Crippen molar-refractivity contribution < 1.29 is 13.2 Å². The molecule has 0 radical (unpaired) electrons. The Labute approximate surface area is 168 Å². The molecule has 7 heteroatoms. The van der Waals surface area contributed by atoms with Gasteiger partial charge in [-0.3, -0.25) is 0 Å². The molecule has 0 amide bonds. The van der Waals surface area contributed by atoms with Crippen LogP contribution in [0.1, 0.15) is 43.7 Å². The lowest BCUT2D eigenvalue weighted by Gasteiger charge is -2.25. The molecule has 0 unspecified atom stereocenters. The third kappa shape index (κ3) is 5.31. The maximum absolute atomic E-state index is 12.7. The summed E-state index contributed by atoms with van der Waals surface area (Å²) in [6.07, 6.45) is 5.39. The summed E-state index contributed by atoms with van der Waals surface area (Å²) >= 11 is 0. The fourth-order valence-corrected chi connectivity index (χ4v) is 4.74. The van der Waals surface area contributed by atoms with Gasteiger partial charge in [0, 0.05) is 32.4 Å². The molecule has 3 rings (SSSR count). The lowest BCUT2D eigenvalue weighted by atomic mass is 10.1. The maximum Gasteiger partial charge on any atom is 0.244 e. The summed E-state index contributed by atoms with van der Waals surface area (Å²) in [5.41, 5.74) is 2.29. The highest BCUT2D eigenvalue weighted by atomic mass is 32.2. The highest BCUT2D eigenvalue weighted by molar-refractivity contribution is 7.89. The molecule has 2 aromatic rings. The van der Waals surface area contributed by atoms with Crippen LogP contribution in [0, 0.1) is 0 Å². The van der Waals surface area contributed by atoms with E-state index < -0.39 is 10.0 Å². The molecule has 1 aliphatic rings. The number of pyridine rings is 1. The van der Waals surface area contributed by atoms with Gasteiger partial charge in [-0.05, 0) is 42.5 Å². The van der Waals surface area contributed by atoms with Crippen molar-refractivity contribution >= 4 is 15.8 Å². The largest absolute Gasteiger partial charge is 0.377 e. The molecule has 2 heterocycles. The van der Waals surface area contributed by atoms with Crippen molar-refractivity contribution in [2.45, 2.75) is 50.7 Å². The number of sulfonamides is 1. The summed E-state index contributed by atoms with van der Waals surface area (Å²) in [4.78, 5) is 4.57. The molecule has 0 spiro atoms. The molecule has 1 aromatic carbocycles. The highest BCUT2D eigenvalue weighted by Crippen LogP contribution is 2.21. The normalized spacial score (nSPS) is 15.5. The number of nitrogens with one attached hydrogen (secondary N) is 1. The van der Waals surface area contributed by atoms with E-state index in [0.29, 0.717) is 32.1 Å². The summed E-state index contributed by atoms with van der Waals surface area (Å²) in [5.74, 6) is 0.655. The quantitative estimate of drug-likeness (QED) is 0.645. The zero-order chi connectivity index (χ0) is 19.8. The van der Waals surface area contributed by atoms with Crippen LogP contribution in [-0.4, -0.2) is 37.4 Å². The average Bonchev–Trinajstić information content (AvgIpc) is 2.74. The number of hydrogen-bond acceptors (Lipinski definition) is 5. The summed E-state index contributed by atoms with van der Waals surface area (Å²) in [6.45, 7) is 5.23. The van der Waals surface area contributed by atoms with Crippen LogP contribution >= 0.6 is 0 Å². The highest BCUT2D eigenvalue weighted by Gasteiger charge is 2.26. The second kappa shape index (κ2) is 10.0. The molecule has 1 fully saturated rings. The molecule has 152 valence electrons. The van der Waals surface area contributed by atoms with E-state index in [9.17, 15) is 8.42 Å². The van der Waals surface area contributed by atoms with E-state index in [1.54, 1.807) is 16.4 Å². The Bertz CT molecular complexity index is 847. The topological polar surface area (TPSA) is 71.5 Å². The Morgan fingerprint density at radius 3 is 2.50 bits per heavy atom. The Morgan fingerprint density at radius 2 is 1.82 bits per heavy atom. The van der Waals surface area contributed by atoms with Crippen molar-refractivity contribution in [3.63, 3.8) is 0 Å². The van der Waals surface area contributed by atoms with E-state index in [-0.39, 0.29) is 4.90 Å². The number of anilines is 1. The van der Waals surface area contributed by atoms with Crippen molar-refractivity contribution in [1.29, 1.82) is 0 Å². The van der Waals surface area contributed by atoms with Crippen LogP contribution in [0.15, 0.2) is 47.5 Å². The number of nitrogens with zero attached hydrogens (tertiary/aromatic N) is 2. The second-order valence-electron chi connectivity index (χ2n) is 7.02. The van der Waals surface area contributed by atoms with E-state index >= 15 is 0 Å². The molecular formula is C21H29N3O3S. The summed E-state index contributed by atoms with van der Waals surface area (Å²) in [6, 6.07) is 11.5. The lowest BCUT2D eigenvalue weighted by Crippen LogP contribution is -2.35. The van der Waals surface area contributed by atoms with Gasteiger partial charge in [0.05, 0.1) is 6.61 Å². The van der Waals surface area contributed by atoms with Crippen LogP contribution in [0.2, 0.25) is 0 Å². The van der Waals surface area contributed by atoms with Gasteiger partial charge in [-0.2, -0.15) is 4.31 Å². The Balaban J connectivity index is 1.62. The minimum Gasteiger partial charge on any atom is -0.377 e. The Hall–Kier alpha value is -1.96. The van der Waals surface area contributed by atoms with Crippen LogP contribution < -0.4 is 5.32 Å². The predicted octanol–water partition coefficient (Wildman–Crippen LogP) is 3.79. The minimum atomic E-state index is -3.44. The smallest absolute Gasteiger partial charge is 0.244 e. The Kier molecular flexibility index (Phi) is 7.42.